The van der Waals surface area contributed by atoms with E-state index in [9.17, 15) is 9.59 Å². The molecule has 0 aromatic heterocycles. The van der Waals surface area contributed by atoms with Crippen molar-refractivity contribution in [2.45, 2.75) is 32.6 Å². The first-order chi connectivity index (χ1) is 5.25. The van der Waals surface area contributed by atoms with Crippen molar-refractivity contribution in [3.63, 3.8) is 0 Å². The van der Waals surface area contributed by atoms with Crippen LogP contribution in [0.2, 0.25) is 0 Å². The lowest BCUT2D eigenvalue weighted by Crippen LogP contribution is -2.14. The fourth-order valence-corrected chi connectivity index (χ4v) is 1.22. The van der Waals surface area contributed by atoms with Crippen LogP contribution in [0.4, 0.5) is 0 Å². The average molecular weight is 152 g/mol. The molecule has 0 aliphatic heterocycles. The van der Waals surface area contributed by atoms with E-state index >= 15 is 0 Å². The van der Waals surface area contributed by atoms with Crippen molar-refractivity contribution in [2.24, 2.45) is 0 Å². The molecule has 2 nitrogen and oxygen atoms in total. The van der Waals surface area contributed by atoms with E-state index in [0.29, 0.717) is 18.4 Å². The van der Waals surface area contributed by atoms with Crippen molar-refractivity contribution in [1.82, 2.24) is 0 Å². The van der Waals surface area contributed by atoms with Crippen molar-refractivity contribution < 1.29 is 9.59 Å². The molecule has 0 N–H and O–H groups in total. The summed E-state index contributed by atoms with van der Waals surface area (Å²) in [6, 6.07) is 0. The van der Waals surface area contributed by atoms with Gasteiger partial charge in [-0.3, -0.25) is 9.59 Å². The van der Waals surface area contributed by atoms with Crippen LogP contribution in [0, 0.1) is 0 Å². The van der Waals surface area contributed by atoms with Gasteiger partial charge in [-0.05, 0) is 12.8 Å². The highest BCUT2D eigenvalue weighted by Gasteiger charge is 2.18. The third-order valence-electron chi connectivity index (χ3n) is 1.88. The van der Waals surface area contributed by atoms with E-state index < -0.39 is 0 Å². The van der Waals surface area contributed by atoms with Crippen molar-refractivity contribution >= 4 is 11.6 Å². The average Bonchev–Trinajstić information content (AvgIpc) is 2.04. The molecule has 11 heavy (non-hydrogen) atoms. The zero-order chi connectivity index (χ0) is 8.27. The minimum Gasteiger partial charge on any atom is -0.294 e. The van der Waals surface area contributed by atoms with E-state index in [1.165, 1.54) is 0 Å². The van der Waals surface area contributed by atoms with Crippen molar-refractivity contribution in [2.75, 3.05) is 0 Å². The van der Waals surface area contributed by atoms with Gasteiger partial charge in [0.25, 0.3) is 0 Å². The second-order valence-corrected chi connectivity index (χ2v) is 2.71. The van der Waals surface area contributed by atoms with E-state index in [2.05, 4.69) is 0 Å². The minimum atomic E-state index is -0.00491. The SMILES string of the molecule is CCC(=O)C1=CCCCC1=O. The lowest BCUT2D eigenvalue weighted by Gasteiger charge is -2.08. The summed E-state index contributed by atoms with van der Waals surface area (Å²) in [5.74, 6) is 0.0257. The summed E-state index contributed by atoms with van der Waals surface area (Å²) in [4.78, 5) is 22.2. The second kappa shape index (κ2) is 3.46. The smallest absolute Gasteiger partial charge is 0.166 e. The Morgan fingerprint density at radius 2 is 2.36 bits per heavy atom. The number of ketones is 2. The number of carbonyl (C=O) groups excluding carboxylic acids is 2. The molecule has 1 aliphatic rings. The molecule has 60 valence electrons. The maximum atomic E-state index is 11.1. The molecule has 0 unspecified atom stereocenters. The van der Waals surface area contributed by atoms with E-state index in [1.807, 2.05) is 0 Å². The van der Waals surface area contributed by atoms with Crippen LogP contribution in [0.1, 0.15) is 32.6 Å². The summed E-state index contributed by atoms with van der Waals surface area (Å²) in [7, 11) is 0. The van der Waals surface area contributed by atoms with Crippen molar-refractivity contribution in [3.8, 4) is 0 Å². The Morgan fingerprint density at radius 1 is 1.64 bits per heavy atom. The predicted octanol–water partition coefficient (Wildman–Crippen LogP) is 1.64. The van der Waals surface area contributed by atoms with Crippen LogP contribution >= 0.6 is 0 Å². The van der Waals surface area contributed by atoms with E-state index in [0.717, 1.165) is 12.8 Å². The summed E-state index contributed by atoms with van der Waals surface area (Å²) < 4.78 is 0. The van der Waals surface area contributed by atoms with Gasteiger partial charge in [0.2, 0.25) is 0 Å². The van der Waals surface area contributed by atoms with Gasteiger partial charge in [0.1, 0.15) is 0 Å². The highest BCUT2D eigenvalue weighted by molar-refractivity contribution is 6.20. The van der Waals surface area contributed by atoms with Crippen LogP contribution in [0.25, 0.3) is 0 Å². The molecule has 0 spiro atoms. The largest absolute Gasteiger partial charge is 0.294 e. The Hall–Kier alpha value is -0.920. The molecule has 0 aromatic rings. The number of hydrogen-bond donors (Lipinski definition) is 0. The fourth-order valence-electron chi connectivity index (χ4n) is 1.22. The third-order valence-corrected chi connectivity index (χ3v) is 1.88. The maximum absolute atomic E-state index is 11.1. The van der Waals surface area contributed by atoms with Crippen molar-refractivity contribution in [1.29, 1.82) is 0 Å². The first-order valence-corrected chi connectivity index (χ1v) is 4.02. The van der Waals surface area contributed by atoms with Gasteiger partial charge in [-0.2, -0.15) is 0 Å². The molecule has 1 rings (SSSR count). The van der Waals surface area contributed by atoms with Crippen LogP contribution in [0.3, 0.4) is 0 Å². The van der Waals surface area contributed by atoms with Crippen LogP contribution in [0.15, 0.2) is 11.6 Å². The first-order valence-electron chi connectivity index (χ1n) is 4.02. The molecule has 0 radical (unpaired) electrons. The molecule has 0 aromatic carbocycles. The van der Waals surface area contributed by atoms with Crippen LogP contribution in [-0.4, -0.2) is 11.6 Å². The van der Waals surface area contributed by atoms with Gasteiger partial charge in [0, 0.05) is 12.8 Å². The number of rotatable bonds is 2. The first kappa shape index (κ1) is 8.18. The van der Waals surface area contributed by atoms with Crippen LogP contribution in [0.5, 0.6) is 0 Å². The second-order valence-electron chi connectivity index (χ2n) is 2.71. The van der Waals surface area contributed by atoms with E-state index in [4.69, 9.17) is 0 Å². The third kappa shape index (κ3) is 1.76. The van der Waals surface area contributed by atoms with E-state index in [-0.39, 0.29) is 11.6 Å². The zero-order valence-electron chi connectivity index (χ0n) is 6.72. The topological polar surface area (TPSA) is 34.1 Å². The number of allylic oxidation sites excluding steroid dienone is 2. The molecule has 0 atom stereocenters. The van der Waals surface area contributed by atoms with Gasteiger partial charge >= 0.3 is 0 Å². The summed E-state index contributed by atoms with van der Waals surface area (Å²) in [6.07, 6.45) is 4.55. The summed E-state index contributed by atoms with van der Waals surface area (Å²) in [6.45, 7) is 1.78. The van der Waals surface area contributed by atoms with Gasteiger partial charge in [-0.1, -0.05) is 13.0 Å². The number of Topliss-reactive ketones (excluding diaryl/α,β-unsaturated/α-hetero) is 2. The predicted molar refractivity (Wildman–Crippen MR) is 42.2 cm³/mol. The Labute approximate surface area is 66.3 Å². The monoisotopic (exact) mass is 152 g/mol. The summed E-state index contributed by atoms with van der Waals surface area (Å²) >= 11 is 0. The van der Waals surface area contributed by atoms with E-state index in [1.54, 1.807) is 13.0 Å². The quantitative estimate of drug-likeness (QED) is 0.564. The van der Waals surface area contributed by atoms with Crippen LogP contribution in [-0.2, 0) is 9.59 Å². The minimum absolute atomic E-state index is 0.00491. The highest BCUT2D eigenvalue weighted by Crippen LogP contribution is 2.15. The fraction of sp³-hybridized carbons (Fsp3) is 0.556. The molecule has 2 heteroatoms. The standard InChI is InChI=1S/C9H12O2/c1-2-8(10)7-5-3-4-6-9(7)11/h5H,2-4,6H2,1H3. The Morgan fingerprint density at radius 3 is 2.91 bits per heavy atom. The lowest BCUT2D eigenvalue weighted by atomic mass is 9.94. The molecule has 0 bridgehead atoms. The van der Waals surface area contributed by atoms with Crippen molar-refractivity contribution in [3.05, 3.63) is 11.6 Å². The maximum Gasteiger partial charge on any atom is 0.166 e. The molecular weight excluding hydrogens is 140 g/mol. The molecule has 0 saturated heterocycles. The lowest BCUT2D eigenvalue weighted by molar-refractivity contribution is -0.121. The molecule has 0 saturated carbocycles. The van der Waals surface area contributed by atoms with Gasteiger partial charge in [-0.25, -0.2) is 0 Å². The normalized spacial score (nSPS) is 17.9. The Balaban J connectivity index is 2.75. The number of carbonyl (C=O) groups is 2. The van der Waals surface area contributed by atoms with Crippen LogP contribution < -0.4 is 0 Å². The molecule has 0 amide bonds. The Kier molecular flexibility index (Phi) is 2.58. The summed E-state index contributed by atoms with van der Waals surface area (Å²) in [5.41, 5.74) is 0.443. The Bertz CT molecular complexity index is 214. The molecule has 1 aliphatic carbocycles. The molecule has 0 heterocycles. The molecule has 0 fully saturated rings. The number of hydrogen-bond acceptors (Lipinski definition) is 2. The van der Waals surface area contributed by atoms with Gasteiger partial charge in [-0.15, -0.1) is 0 Å². The summed E-state index contributed by atoms with van der Waals surface area (Å²) in [5, 5.41) is 0. The van der Waals surface area contributed by atoms with Gasteiger partial charge in [0.05, 0.1) is 5.57 Å². The molecular formula is C9H12O2. The van der Waals surface area contributed by atoms with Gasteiger partial charge < -0.3 is 0 Å². The van der Waals surface area contributed by atoms with Gasteiger partial charge in [0.15, 0.2) is 11.6 Å². The highest BCUT2D eigenvalue weighted by atomic mass is 16.1. The zero-order valence-corrected chi connectivity index (χ0v) is 6.72.